The van der Waals surface area contributed by atoms with E-state index in [0.717, 1.165) is 35.3 Å². The fourth-order valence-corrected chi connectivity index (χ4v) is 5.09. The summed E-state index contributed by atoms with van der Waals surface area (Å²) in [6, 6.07) is 7.14. The molecule has 26 heavy (non-hydrogen) atoms. The molecule has 1 N–H and O–H groups in total. The second-order valence-electron chi connectivity index (χ2n) is 6.59. The lowest BCUT2D eigenvalue weighted by atomic mass is 9.85. The molecule has 2 aromatic heterocycles. The highest BCUT2D eigenvalue weighted by atomic mass is 32.2. The van der Waals surface area contributed by atoms with Gasteiger partial charge in [0.15, 0.2) is 0 Å². The third-order valence-corrected chi connectivity index (χ3v) is 7.65. The summed E-state index contributed by atoms with van der Waals surface area (Å²) in [5.74, 6) is 1.44. The highest BCUT2D eigenvalue weighted by Gasteiger charge is 2.26. The summed E-state index contributed by atoms with van der Waals surface area (Å²) < 4.78 is 33.6. The van der Waals surface area contributed by atoms with Crippen molar-refractivity contribution in [3.63, 3.8) is 0 Å². The van der Waals surface area contributed by atoms with Gasteiger partial charge in [0.25, 0.3) is 10.0 Å². The molecule has 0 atom stereocenters. The first-order valence-electron chi connectivity index (χ1n) is 8.45. The van der Waals surface area contributed by atoms with Gasteiger partial charge in [0, 0.05) is 16.9 Å². The van der Waals surface area contributed by atoms with E-state index in [-0.39, 0.29) is 4.21 Å². The van der Waals surface area contributed by atoms with E-state index in [4.69, 9.17) is 4.52 Å². The number of aromatic nitrogens is 2. The van der Waals surface area contributed by atoms with Crippen molar-refractivity contribution in [2.45, 2.75) is 43.2 Å². The second kappa shape index (κ2) is 6.51. The number of sulfonamides is 1. The maximum Gasteiger partial charge on any atom is 0.271 e. The lowest BCUT2D eigenvalue weighted by Crippen LogP contribution is -2.12. The number of anilines is 1. The van der Waals surface area contributed by atoms with Gasteiger partial charge in [-0.25, -0.2) is 8.42 Å². The van der Waals surface area contributed by atoms with Gasteiger partial charge in [0.05, 0.1) is 5.69 Å². The summed E-state index contributed by atoms with van der Waals surface area (Å²) in [4.78, 5) is 4.42. The minimum absolute atomic E-state index is 0.225. The van der Waals surface area contributed by atoms with Crippen molar-refractivity contribution in [1.29, 1.82) is 0 Å². The molecule has 0 unspecified atom stereocenters. The van der Waals surface area contributed by atoms with Crippen LogP contribution in [0.5, 0.6) is 0 Å². The Morgan fingerprint density at radius 2 is 2.08 bits per heavy atom. The monoisotopic (exact) mass is 389 g/mol. The van der Waals surface area contributed by atoms with Crippen molar-refractivity contribution in [3.8, 4) is 11.4 Å². The number of hydrogen-bond donors (Lipinski definition) is 1. The molecule has 0 aliphatic heterocycles. The number of hydrogen-bond acceptors (Lipinski definition) is 6. The van der Waals surface area contributed by atoms with E-state index in [1.54, 1.807) is 17.5 Å². The third kappa shape index (κ3) is 3.14. The summed E-state index contributed by atoms with van der Waals surface area (Å²) in [5, 5.41) is 5.74. The third-order valence-electron chi connectivity index (χ3n) is 4.84. The standard InChI is InChI=1S/C18H19N3O3S2/c1-11-5-3-8-15(12(11)2)21-26(22,23)16-9-14(10-25-16)17-19-18(24-20-17)13-6-4-7-13/h3,5,8-10,13,21H,4,6-7H2,1-2H3. The van der Waals surface area contributed by atoms with E-state index < -0.39 is 10.0 Å². The smallest absolute Gasteiger partial charge is 0.271 e. The largest absolute Gasteiger partial charge is 0.339 e. The predicted molar refractivity (Wildman–Crippen MR) is 101 cm³/mol. The van der Waals surface area contributed by atoms with Crippen molar-refractivity contribution in [2.24, 2.45) is 0 Å². The Labute approximate surface area is 156 Å². The molecular formula is C18H19N3O3S2. The van der Waals surface area contributed by atoms with Crippen LogP contribution in [0.4, 0.5) is 5.69 Å². The van der Waals surface area contributed by atoms with E-state index in [9.17, 15) is 8.42 Å². The van der Waals surface area contributed by atoms with Crippen molar-refractivity contribution >= 4 is 27.0 Å². The molecule has 6 nitrogen and oxygen atoms in total. The Morgan fingerprint density at radius 3 is 2.81 bits per heavy atom. The molecule has 1 aliphatic carbocycles. The zero-order chi connectivity index (χ0) is 18.3. The topological polar surface area (TPSA) is 85.1 Å². The van der Waals surface area contributed by atoms with Gasteiger partial charge >= 0.3 is 0 Å². The Morgan fingerprint density at radius 1 is 1.27 bits per heavy atom. The lowest BCUT2D eigenvalue weighted by Gasteiger charge is -2.20. The molecule has 136 valence electrons. The van der Waals surface area contributed by atoms with Gasteiger partial charge < -0.3 is 4.52 Å². The zero-order valence-corrected chi connectivity index (χ0v) is 16.2. The van der Waals surface area contributed by atoms with Crippen molar-refractivity contribution in [1.82, 2.24) is 10.1 Å². The molecule has 1 aromatic carbocycles. The molecule has 8 heteroatoms. The van der Waals surface area contributed by atoms with Crippen molar-refractivity contribution in [3.05, 3.63) is 46.7 Å². The summed E-state index contributed by atoms with van der Waals surface area (Å²) >= 11 is 1.15. The molecule has 0 spiro atoms. The van der Waals surface area contributed by atoms with Crippen LogP contribution in [0, 0.1) is 13.8 Å². The van der Waals surface area contributed by atoms with Gasteiger partial charge in [-0.05, 0) is 49.9 Å². The van der Waals surface area contributed by atoms with Gasteiger partial charge in [-0.3, -0.25) is 4.72 Å². The quantitative estimate of drug-likeness (QED) is 0.695. The maximum atomic E-state index is 12.7. The molecule has 4 rings (SSSR count). The predicted octanol–water partition coefficient (Wildman–Crippen LogP) is 4.48. The maximum absolute atomic E-state index is 12.7. The molecule has 2 heterocycles. The molecule has 0 amide bonds. The molecule has 0 bridgehead atoms. The zero-order valence-electron chi connectivity index (χ0n) is 14.5. The molecule has 0 saturated heterocycles. The number of benzene rings is 1. The minimum Gasteiger partial charge on any atom is -0.339 e. The summed E-state index contributed by atoms with van der Waals surface area (Å²) in [6.07, 6.45) is 3.34. The van der Waals surface area contributed by atoms with E-state index >= 15 is 0 Å². The lowest BCUT2D eigenvalue weighted by molar-refractivity contribution is 0.292. The molecule has 1 saturated carbocycles. The van der Waals surface area contributed by atoms with Crippen LogP contribution in [0.25, 0.3) is 11.4 Å². The summed E-state index contributed by atoms with van der Waals surface area (Å²) in [5.41, 5.74) is 3.20. The SMILES string of the molecule is Cc1cccc(NS(=O)(=O)c2cc(-c3noc(C4CCC4)n3)cs2)c1C. The first-order valence-corrected chi connectivity index (χ1v) is 10.8. The first kappa shape index (κ1) is 17.2. The number of rotatable bonds is 5. The molecule has 0 radical (unpaired) electrons. The van der Waals surface area contributed by atoms with Crippen LogP contribution in [0.15, 0.2) is 38.4 Å². The van der Waals surface area contributed by atoms with Crippen LogP contribution in [0.3, 0.4) is 0 Å². The van der Waals surface area contributed by atoms with Gasteiger partial charge in [0.2, 0.25) is 11.7 Å². The molecule has 1 fully saturated rings. The Kier molecular flexibility index (Phi) is 4.32. The van der Waals surface area contributed by atoms with Crippen LogP contribution in [-0.4, -0.2) is 18.6 Å². The number of nitrogens with zero attached hydrogens (tertiary/aromatic N) is 2. The van der Waals surface area contributed by atoms with Gasteiger partial charge in [0.1, 0.15) is 4.21 Å². The number of aryl methyl sites for hydroxylation is 1. The average molecular weight is 390 g/mol. The van der Waals surface area contributed by atoms with E-state index in [2.05, 4.69) is 14.9 Å². The fourth-order valence-electron chi connectivity index (χ4n) is 2.80. The van der Waals surface area contributed by atoms with E-state index in [1.165, 1.54) is 6.42 Å². The Hall–Kier alpha value is -2.19. The molecule has 1 aliphatic rings. The van der Waals surface area contributed by atoms with Crippen molar-refractivity contribution in [2.75, 3.05) is 4.72 Å². The van der Waals surface area contributed by atoms with E-state index in [0.29, 0.717) is 28.9 Å². The van der Waals surface area contributed by atoms with E-state index in [1.807, 2.05) is 26.0 Å². The van der Waals surface area contributed by atoms with Crippen LogP contribution >= 0.6 is 11.3 Å². The van der Waals surface area contributed by atoms with Crippen molar-refractivity contribution < 1.29 is 12.9 Å². The second-order valence-corrected chi connectivity index (χ2v) is 9.41. The van der Waals surface area contributed by atoms with Crippen LogP contribution in [0.1, 0.15) is 42.2 Å². The van der Waals surface area contributed by atoms with Gasteiger partial charge in [-0.2, -0.15) is 4.98 Å². The normalized spacial score (nSPS) is 15.0. The average Bonchev–Trinajstić information content (AvgIpc) is 3.19. The van der Waals surface area contributed by atoms with Gasteiger partial charge in [-0.15, -0.1) is 11.3 Å². The number of nitrogens with one attached hydrogen (secondary N) is 1. The highest BCUT2D eigenvalue weighted by Crippen LogP contribution is 2.36. The van der Waals surface area contributed by atoms with Crippen LogP contribution < -0.4 is 4.72 Å². The van der Waals surface area contributed by atoms with Crippen LogP contribution in [0.2, 0.25) is 0 Å². The fraction of sp³-hybridized carbons (Fsp3) is 0.333. The Bertz CT molecular complexity index is 1050. The molecular weight excluding hydrogens is 370 g/mol. The van der Waals surface area contributed by atoms with Crippen LogP contribution in [-0.2, 0) is 10.0 Å². The minimum atomic E-state index is -3.66. The summed E-state index contributed by atoms with van der Waals surface area (Å²) in [7, 11) is -3.66. The number of thiophene rings is 1. The first-order chi connectivity index (χ1) is 12.4. The highest BCUT2D eigenvalue weighted by molar-refractivity contribution is 7.94. The van der Waals surface area contributed by atoms with Gasteiger partial charge in [-0.1, -0.05) is 23.7 Å². The Balaban J connectivity index is 1.58. The summed E-state index contributed by atoms with van der Waals surface area (Å²) in [6.45, 7) is 3.85. The molecule has 3 aromatic rings.